The Morgan fingerprint density at radius 2 is 1.86 bits per heavy atom. The molecule has 0 bridgehead atoms. The van der Waals surface area contributed by atoms with Gasteiger partial charge in [0, 0.05) is 18.5 Å². The van der Waals surface area contributed by atoms with Crippen LogP contribution in [0.5, 0.6) is 0 Å². The van der Waals surface area contributed by atoms with E-state index in [0.29, 0.717) is 6.54 Å². The van der Waals surface area contributed by atoms with Crippen LogP contribution < -0.4 is 5.73 Å². The van der Waals surface area contributed by atoms with Gasteiger partial charge in [-0.15, -0.1) is 0 Å². The Morgan fingerprint density at radius 1 is 1.29 bits per heavy atom. The van der Waals surface area contributed by atoms with Crippen molar-refractivity contribution >= 4 is 5.91 Å². The molecule has 0 spiro atoms. The topological polar surface area (TPSA) is 46.3 Å². The molecule has 82 valence electrons. The molecule has 14 heavy (non-hydrogen) atoms. The van der Waals surface area contributed by atoms with Gasteiger partial charge in [0.1, 0.15) is 0 Å². The van der Waals surface area contributed by atoms with Crippen molar-refractivity contribution in [1.29, 1.82) is 0 Å². The van der Waals surface area contributed by atoms with Gasteiger partial charge in [0.2, 0.25) is 5.91 Å². The van der Waals surface area contributed by atoms with Crippen molar-refractivity contribution in [2.24, 2.45) is 11.1 Å². The standard InChI is InChI=1S/C11H22N2O/c1-11(2,6-7-12)10(14)13-8-4-3-5-9-13/h3-9,12H2,1-2H3. The lowest BCUT2D eigenvalue weighted by molar-refractivity contribution is -0.141. The second kappa shape index (κ2) is 4.78. The summed E-state index contributed by atoms with van der Waals surface area (Å²) in [6.07, 6.45) is 4.36. The number of carbonyl (C=O) groups excluding carboxylic acids is 1. The number of nitrogens with zero attached hydrogens (tertiary/aromatic N) is 1. The second-order valence-corrected chi connectivity index (χ2v) is 4.78. The van der Waals surface area contributed by atoms with Crippen molar-refractivity contribution in [1.82, 2.24) is 4.90 Å². The van der Waals surface area contributed by atoms with E-state index in [1.54, 1.807) is 0 Å². The molecule has 0 aromatic heterocycles. The molecule has 0 aromatic rings. The maximum absolute atomic E-state index is 12.1. The van der Waals surface area contributed by atoms with Crippen LogP contribution in [0.15, 0.2) is 0 Å². The zero-order valence-electron chi connectivity index (χ0n) is 9.38. The molecule has 0 unspecified atom stereocenters. The van der Waals surface area contributed by atoms with E-state index in [0.717, 1.165) is 32.4 Å². The van der Waals surface area contributed by atoms with Gasteiger partial charge < -0.3 is 10.6 Å². The highest BCUT2D eigenvalue weighted by Crippen LogP contribution is 2.24. The van der Waals surface area contributed by atoms with Crippen LogP contribution in [0.4, 0.5) is 0 Å². The number of piperidine rings is 1. The molecule has 0 saturated carbocycles. The minimum atomic E-state index is -0.272. The SMILES string of the molecule is CC(C)(CCN)C(=O)N1CCCCC1. The van der Waals surface area contributed by atoms with E-state index in [4.69, 9.17) is 5.73 Å². The number of rotatable bonds is 3. The van der Waals surface area contributed by atoms with Crippen molar-refractivity contribution < 1.29 is 4.79 Å². The van der Waals surface area contributed by atoms with E-state index in [1.165, 1.54) is 6.42 Å². The third-order valence-electron chi connectivity index (χ3n) is 2.99. The van der Waals surface area contributed by atoms with Gasteiger partial charge in [-0.2, -0.15) is 0 Å². The Bertz CT molecular complexity index is 195. The quantitative estimate of drug-likeness (QED) is 0.744. The minimum Gasteiger partial charge on any atom is -0.342 e. The maximum atomic E-state index is 12.1. The zero-order chi connectivity index (χ0) is 10.6. The normalized spacial score (nSPS) is 18.4. The number of likely N-dealkylation sites (tertiary alicyclic amines) is 1. The Balaban J connectivity index is 2.53. The van der Waals surface area contributed by atoms with Crippen LogP contribution in [0.2, 0.25) is 0 Å². The third kappa shape index (κ3) is 2.71. The molecular formula is C11H22N2O. The van der Waals surface area contributed by atoms with Crippen molar-refractivity contribution in [3.63, 3.8) is 0 Å². The van der Waals surface area contributed by atoms with E-state index >= 15 is 0 Å². The predicted octanol–water partition coefficient (Wildman–Crippen LogP) is 1.37. The van der Waals surface area contributed by atoms with Gasteiger partial charge in [0.25, 0.3) is 0 Å². The Labute approximate surface area is 86.6 Å². The molecule has 3 nitrogen and oxygen atoms in total. The fourth-order valence-electron chi connectivity index (χ4n) is 1.99. The molecular weight excluding hydrogens is 176 g/mol. The first-order valence-electron chi connectivity index (χ1n) is 5.57. The molecule has 1 heterocycles. The first kappa shape index (κ1) is 11.5. The molecule has 1 rings (SSSR count). The van der Waals surface area contributed by atoms with Gasteiger partial charge in [-0.3, -0.25) is 4.79 Å². The number of hydrogen-bond acceptors (Lipinski definition) is 2. The molecule has 0 atom stereocenters. The number of amides is 1. The number of carbonyl (C=O) groups is 1. The van der Waals surface area contributed by atoms with E-state index in [-0.39, 0.29) is 11.3 Å². The van der Waals surface area contributed by atoms with Crippen LogP contribution in [0.1, 0.15) is 39.5 Å². The third-order valence-corrected chi connectivity index (χ3v) is 2.99. The summed E-state index contributed by atoms with van der Waals surface area (Å²) >= 11 is 0. The average Bonchev–Trinajstić information content (AvgIpc) is 2.18. The van der Waals surface area contributed by atoms with Crippen LogP contribution >= 0.6 is 0 Å². The highest BCUT2D eigenvalue weighted by atomic mass is 16.2. The molecule has 1 aliphatic rings. The lowest BCUT2D eigenvalue weighted by Crippen LogP contribution is -2.44. The highest BCUT2D eigenvalue weighted by Gasteiger charge is 2.31. The van der Waals surface area contributed by atoms with Crippen molar-refractivity contribution in [2.75, 3.05) is 19.6 Å². The lowest BCUT2D eigenvalue weighted by Gasteiger charge is -2.34. The zero-order valence-corrected chi connectivity index (χ0v) is 9.38. The van der Waals surface area contributed by atoms with Crippen LogP contribution in [0, 0.1) is 5.41 Å². The second-order valence-electron chi connectivity index (χ2n) is 4.78. The molecule has 1 amide bonds. The summed E-state index contributed by atoms with van der Waals surface area (Å²) in [7, 11) is 0. The molecule has 2 N–H and O–H groups in total. The molecule has 1 saturated heterocycles. The molecule has 1 fully saturated rings. The van der Waals surface area contributed by atoms with E-state index < -0.39 is 0 Å². The Kier molecular flexibility index (Phi) is 3.93. The smallest absolute Gasteiger partial charge is 0.228 e. The number of hydrogen-bond donors (Lipinski definition) is 1. The lowest BCUT2D eigenvalue weighted by atomic mass is 9.87. The first-order valence-corrected chi connectivity index (χ1v) is 5.57. The van der Waals surface area contributed by atoms with Gasteiger partial charge in [-0.25, -0.2) is 0 Å². The summed E-state index contributed by atoms with van der Waals surface area (Å²) in [4.78, 5) is 14.1. The fourth-order valence-corrected chi connectivity index (χ4v) is 1.99. The molecule has 1 aliphatic heterocycles. The molecule has 0 aromatic carbocycles. The van der Waals surface area contributed by atoms with Crippen LogP contribution in [-0.2, 0) is 4.79 Å². The van der Waals surface area contributed by atoms with Gasteiger partial charge >= 0.3 is 0 Å². The summed E-state index contributed by atoms with van der Waals surface area (Å²) in [5.41, 5.74) is 5.24. The van der Waals surface area contributed by atoms with E-state index in [1.807, 2.05) is 18.7 Å². The minimum absolute atomic E-state index is 0.272. The Hall–Kier alpha value is -0.570. The van der Waals surface area contributed by atoms with Crippen molar-refractivity contribution in [3.8, 4) is 0 Å². The summed E-state index contributed by atoms with van der Waals surface area (Å²) in [6, 6.07) is 0. The van der Waals surface area contributed by atoms with Crippen LogP contribution in [0.3, 0.4) is 0 Å². The van der Waals surface area contributed by atoms with Gasteiger partial charge in [-0.1, -0.05) is 13.8 Å². The monoisotopic (exact) mass is 198 g/mol. The van der Waals surface area contributed by atoms with Gasteiger partial charge in [-0.05, 0) is 32.2 Å². The summed E-state index contributed by atoms with van der Waals surface area (Å²) < 4.78 is 0. The van der Waals surface area contributed by atoms with Crippen molar-refractivity contribution in [2.45, 2.75) is 39.5 Å². The van der Waals surface area contributed by atoms with E-state index in [9.17, 15) is 4.79 Å². The van der Waals surface area contributed by atoms with Gasteiger partial charge in [0.15, 0.2) is 0 Å². The summed E-state index contributed by atoms with van der Waals surface area (Å²) in [5, 5.41) is 0. The summed E-state index contributed by atoms with van der Waals surface area (Å²) in [6.45, 7) is 6.46. The maximum Gasteiger partial charge on any atom is 0.228 e. The van der Waals surface area contributed by atoms with Crippen molar-refractivity contribution in [3.05, 3.63) is 0 Å². The summed E-state index contributed by atoms with van der Waals surface area (Å²) in [5.74, 6) is 0.280. The Morgan fingerprint density at radius 3 is 2.36 bits per heavy atom. The number of nitrogens with two attached hydrogens (primary N) is 1. The molecule has 3 heteroatoms. The van der Waals surface area contributed by atoms with E-state index in [2.05, 4.69) is 0 Å². The molecule has 0 aliphatic carbocycles. The average molecular weight is 198 g/mol. The first-order chi connectivity index (χ1) is 6.58. The predicted molar refractivity (Wildman–Crippen MR) is 57.9 cm³/mol. The van der Waals surface area contributed by atoms with Crippen LogP contribution in [-0.4, -0.2) is 30.4 Å². The molecule has 0 radical (unpaired) electrons. The van der Waals surface area contributed by atoms with Gasteiger partial charge in [0.05, 0.1) is 0 Å². The largest absolute Gasteiger partial charge is 0.342 e. The fraction of sp³-hybridized carbons (Fsp3) is 0.909. The highest BCUT2D eigenvalue weighted by molar-refractivity contribution is 5.82. The van der Waals surface area contributed by atoms with Crippen LogP contribution in [0.25, 0.3) is 0 Å².